The van der Waals surface area contributed by atoms with E-state index < -0.39 is 0 Å². The third kappa shape index (κ3) is 3.62. The molecule has 0 bridgehead atoms. The molecule has 0 spiro atoms. The van der Waals surface area contributed by atoms with E-state index in [4.69, 9.17) is 0 Å². The van der Waals surface area contributed by atoms with E-state index in [1.165, 1.54) is 0 Å². The second-order valence-corrected chi connectivity index (χ2v) is 5.50. The third-order valence-electron chi connectivity index (χ3n) is 3.82. The molecule has 6 nitrogen and oxygen atoms in total. The highest BCUT2D eigenvalue weighted by atomic mass is 16.2. The molecule has 1 aliphatic heterocycles. The van der Waals surface area contributed by atoms with Crippen LogP contribution in [0.2, 0.25) is 0 Å². The van der Waals surface area contributed by atoms with Crippen LogP contribution in [-0.4, -0.2) is 47.0 Å². The van der Waals surface area contributed by atoms with Gasteiger partial charge in [-0.25, -0.2) is 9.97 Å². The minimum Gasteiger partial charge on any atom is -0.370 e. The quantitative estimate of drug-likeness (QED) is 0.866. The Morgan fingerprint density at radius 3 is 2.62 bits per heavy atom. The van der Waals surface area contributed by atoms with Crippen LogP contribution in [0.5, 0.6) is 0 Å². The highest BCUT2D eigenvalue weighted by Gasteiger charge is 2.24. The maximum absolute atomic E-state index is 11.6. The summed E-state index contributed by atoms with van der Waals surface area (Å²) in [7, 11) is 1.85. The molecule has 0 saturated carbocycles. The van der Waals surface area contributed by atoms with Crippen LogP contribution in [0.4, 0.5) is 11.6 Å². The van der Waals surface area contributed by atoms with Crippen LogP contribution in [0.1, 0.15) is 38.1 Å². The molecule has 0 aromatic carbocycles. The van der Waals surface area contributed by atoms with Gasteiger partial charge in [-0.05, 0) is 20.3 Å². The molecule has 1 saturated heterocycles. The fourth-order valence-electron chi connectivity index (χ4n) is 2.52. The third-order valence-corrected chi connectivity index (χ3v) is 3.82. The molecule has 0 aliphatic carbocycles. The van der Waals surface area contributed by atoms with E-state index in [2.05, 4.69) is 34.4 Å². The number of aryl methyl sites for hydroxylation is 1. The molecule has 1 unspecified atom stereocenters. The molecule has 1 aromatic rings. The number of nitrogens with one attached hydrogen (secondary N) is 2. The summed E-state index contributed by atoms with van der Waals surface area (Å²) >= 11 is 0. The lowest BCUT2D eigenvalue weighted by Gasteiger charge is -2.31. The Bertz CT molecular complexity index is 517. The Morgan fingerprint density at radius 1 is 1.29 bits per heavy atom. The van der Waals surface area contributed by atoms with Crippen molar-refractivity contribution in [3.63, 3.8) is 0 Å². The molecule has 1 aromatic heterocycles. The van der Waals surface area contributed by atoms with Crippen molar-refractivity contribution in [1.82, 2.24) is 14.9 Å². The predicted molar refractivity (Wildman–Crippen MR) is 84.6 cm³/mol. The van der Waals surface area contributed by atoms with Gasteiger partial charge in [0.1, 0.15) is 17.5 Å². The average molecular weight is 291 g/mol. The molecule has 21 heavy (non-hydrogen) atoms. The fraction of sp³-hybridized carbons (Fsp3) is 0.667. The standard InChI is InChI=1S/C15H25N5O/c1-5-12-18-14(16-6-2)10(3)15(19-12)17-11-7-8-13(21)20(4)9-11/h11H,5-9H2,1-4H3,(H2,16,17,18,19). The summed E-state index contributed by atoms with van der Waals surface area (Å²) in [6, 6.07) is 0.250. The number of carbonyl (C=O) groups excluding carboxylic acids is 1. The zero-order valence-electron chi connectivity index (χ0n) is 13.4. The van der Waals surface area contributed by atoms with Gasteiger partial charge in [0.2, 0.25) is 5.91 Å². The van der Waals surface area contributed by atoms with Gasteiger partial charge in [-0.1, -0.05) is 6.92 Å². The Kier molecular flexibility index (Phi) is 4.98. The van der Waals surface area contributed by atoms with Crippen LogP contribution in [-0.2, 0) is 11.2 Å². The van der Waals surface area contributed by atoms with Gasteiger partial charge in [0, 0.05) is 44.6 Å². The number of piperidine rings is 1. The van der Waals surface area contributed by atoms with Crippen molar-refractivity contribution in [2.75, 3.05) is 30.8 Å². The van der Waals surface area contributed by atoms with E-state index in [0.717, 1.165) is 49.0 Å². The fourth-order valence-corrected chi connectivity index (χ4v) is 2.52. The number of carbonyl (C=O) groups is 1. The second kappa shape index (κ2) is 6.74. The van der Waals surface area contributed by atoms with E-state index in [1.54, 1.807) is 4.90 Å². The molecule has 1 atom stereocenters. The molecule has 2 heterocycles. The summed E-state index contributed by atoms with van der Waals surface area (Å²) in [5.41, 5.74) is 1.04. The SMILES string of the molecule is CCNc1nc(CC)nc(NC2CCC(=O)N(C)C2)c1C. The lowest BCUT2D eigenvalue weighted by Crippen LogP contribution is -2.43. The first-order valence-electron chi connectivity index (χ1n) is 7.67. The summed E-state index contributed by atoms with van der Waals surface area (Å²) in [5, 5.41) is 6.78. The monoisotopic (exact) mass is 291 g/mol. The van der Waals surface area contributed by atoms with Crippen molar-refractivity contribution in [3.8, 4) is 0 Å². The van der Waals surface area contributed by atoms with E-state index in [0.29, 0.717) is 6.42 Å². The number of hydrogen-bond acceptors (Lipinski definition) is 5. The van der Waals surface area contributed by atoms with Crippen LogP contribution in [0.15, 0.2) is 0 Å². The Balaban J connectivity index is 2.18. The Labute approximate surface area is 126 Å². The van der Waals surface area contributed by atoms with Gasteiger partial charge >= 0.3 is 0 Å². The first-order valence-corrected chi connectivity index (χ1v) is 7.67. The van der Waals surface area contributed by atoms with E-state index in [1.807, 2.05) is 14.0 Å². The number of rotatable bonds is 5. The summed E-state index contributed by atoms with van der Waals surface area (Å²) in [4.78, 5) is 22.5. The molecule has 1 amide bonds. The smallest absolute Gasteiger partial charge is 0.222 e. The number of likely N-dealkylation sites (tertiary alicyclic amines) is 1. The molecule has 2 N–H and O–H groups in total. The highest BCUT2D eigenvalue weighted by Crippen LogP contribution is 2.23. The molecule has 116 valence electrons. The zero-order valence-corrected chi connectivity index (χ0v) is 13.4. The predicted octanol–water partition coefficient (Wildman–Crippen LogP) is 1.81. The summed E-state index contributed by atoms with van der Waals surface area (Å²) < 4.78 is 0. The van der Waals surface area contributed by atoms with Gasteiger partial charge in [0.05, 0.1) is 0 Å². The first-order chi connectivity index (χ1) is 10.0. The van der Waals surface area contributed by atoms with Gasteiger partial charge in [0.15, 0.2) is 0 Å². The first kappa shape index (κ1) is 15.5. The lowest BCUT2D eigenvalue weighted by molar-refractivity contribution is -0.132. The van der Waals surface area contributed by atoms with Crippen LogP contribution in [0, 0.1) is 6.92 Å². The molecule has 1 fully saturated rings. The van der Waals surface area contributed by atoms with Crippen LogP contribution >= 0.6 is 0 Å². The Hall–Kier alpha value is -1.85. The molecule has 0 radical (unpaired) electrons. The summed E-state index contributed by atoms with van der Waals surface area (Å²) in [5.74, 6) is 2.83. The Morgan fingerprint density at radius 2 is 2.00 bits per heavy atom. The largest absolute Gasteiger partial charge is 0.370 e. The minimum atomic E-state index is 0.218. The topological polar surface area (TPSA) is 70.1 Å². The number of anilines is 2. The minimum absolute atomic E-state index is 0.218. The van der Waals surface area contributed by atoms with Gasteiger partial charge in [-0.15, -0.1) is 0 Å². The van der Waals surface area contributed by atoms with Crippen LogP contribution < -0.4 is 10.6 Å². The normalized spacial score (nSPS) is 18.8. The van der Waals surface area contributed by atoms with Gasteiger partial charge < -0.3 is 15.5 Å². The van der Waals surface area contributed by atoms with Crippen molar-refractivity contribution < 1.29 is 4.79 Å². The maximum atomic E-state index is 11.6. The van der Waals surface area contributed by atoms with Crippen molar-refractivity contribution >= 4 is 17.5 Å². The molecule has 2 rings (SSSR count). The van der Waals surface area contributed by atoms with Gasteiger partial charge in [0.25, 0.3) is 0 Å². The molecular weight excluding hydrogens is 266 g/mol. The maximum Gasteiger partial charge on any atom is 0.222 e. The lowest BCUT2D eigenvalue weighted by atomic mass is 10.1. The number of nitrogens with zero attached hydrogens (tertiary/aromatic N) is 3. The number of amides is 1. The summed E-state index contributed by atoms with van der Waals surface area (Å²) in [6.07, 6.45) is 2.25. The number of likely N-dealkylation sites (N-methyl/N-ethyl adjacent to an activating group) is 1. The van der Waals surface area contributed by atoms with E-state index >= 15 is 0 Å². The average Bonchev–Trinajstić information content (AvgIpc) is 2.47. The number of hydrogen-bond donors (Lipinski definition) is 2. The van der Waals surface area contributed by atoms with Gasteiger partial charge in [-0.3, -0.25) is 4.79 Å². The van der Waals surface area contributed by atoms with Crippen molar-refractivity contribution in [2.24, 2.45) is 0 Å². The van der Waals surface area contributed by atoms with Crippen molar-refractivity contribution in [1.29, 1.82) is 0 Å². The van der Waals surface area contributed by atoms with E-state index in [9.17, 15) is 4.79 Å². The highest BCUT2D eigenvalue weighted by molar-refractivity contribution is 5.77. The molecule has 6 heteroatoms. The second-order valence-electron chi connectivity index (χ2n) is 5.50. The number of aromatic nitrogens is 2. The van der Waals surface area contributed by atoms with Crippen LogP contribution in [0.25, 0.3) is 0 Å². The van der Waals surface area contributed by atoms with Crippen LogP contribution in [0.3, 0.4) is 0 Å². The summed E-state index contributed by atoms with van der Waals surface area (Å²) in [6.45, 7) is 7.69. The van der Waals surface area contributed by atoms with E-state index in [-0.39, 0.29) is 11.9 Å². The van der Waals surface area contributed by atoms with Crippen molar-refractivity contribution in [2.45, 2.75) is 46.1 Å². The molecule has 1 aliphatic rings. The zero-order chi connectivity index (χ0) is 15.4. The molecular formula is C15H25N5O. The van der Waals surface area contributed by atoms with Gasteiger partial charge in [-0.2, -0.15) is 0 Å². The van der Waals surface area contributed by atoms with Crippen molar-refractivity contribution in [3.05, 3.63) is 11.4 Å².